The van der Waals surface area contributed by atoms with Crippen LogP contribution >= 0.6 is 0 Å². The van der Waals surface area contributed by atoms with Crippen molar-refractivity contribution in [1.29, 1.82) is 0 Å². The lowest BCUT2D eigenvalue weighted by Gasteiger charge is -2.04. The van der Waals surface area contributed by atoms with Crippen molar-refractivity contribution < 1.29 is 14.3 Å². The highest BCUT2D eigenvalue weighted by molar-refractivity contribution is 5.88. The summed E-state index contributed by atoms with van der Waals surface area (Å²) in [5, 5.41) is 0. The first-order valence-electron chi connectivity index (χ1n) is 4.95. The summed E-state index contributed by atoms with van der Waals surface area (Å²) in [7, 11) is 0. The molecule has 0 aromatic heterocycles. The van der Waals surface area contributed by atoms with Crippen LogP contribution in [0.1, 0.15) is 19.4 Å². The molecule has 1 rings (SSSR count). The average Bonchev–Trinajstić information content (AvgIpc) is 2.20. The smallest absolute Gasteiger partial charge is 0.338 e. The zero-order valence-corrected chi connectivity index (χ0v) is 9.45. The van der Waals surface area contributed by atoms with Gasteiger partial charge in [0.05, 0.1) is 0 Å². The number of rotatable bonds is 4. The number of carbonyl (C=O) groups excluding carboxylic acids is 2. The van der Waals surface area contributed by atoms with Crippen molar-refractivity contribution in [3.63, 3.8) is 0 Å². The van der Waals surface area contributed by atoms with Crippen LogP contribution in [0, 0.1) is 0 Å². The van der Waals surface area contributed by atoms with Crippen molar-refractivity contribution in [2.45, 2.75) is 20.3 Å². The second-order valence-electron chi connectivity index (χ2n) is 3.69. The van der Waals surface area contributed by atoms with E-state index < -0.39 is 5.97 Å². The Morgan fingerprint density at radius 2 is 1.75 bits per heavy atom. The van der Waals surface area contributed by atoms with Gasteiger partial charge < -0.3 is 4.74 Å². The molecule has 0 aliphatic heterocycles. The molecule has 0 aliphatic rings. The third-order valence-electron chi connectivity index (χ3n) is 1.94. The van der Waals surface area contributed by atoms with Crippen molar-refractivity contribution >= 4 is 11.8 Å². The molecule has 84 valence electrons. The number of hydrogen-bond donors (Lipinski definition) is 0. The molecule has 0 aliphatic carbocycles. The second-order valence-corrected chi connectivity index (χ2v) is 3.69. The van der Waals surface area contributed by atoms with E-state index in [1.54, 1.807) is 31.2 Å². The molecule has 0 saturated heterocycles. The summed E-state index contributed by atoms with van der Waals surface area (Å²) < 4.78 is 5.01. The fourth-order valence-corrected chi connectivity index (χ4v) is 1.16. The normalized spacial score (nSPS) is 9.62. The predicted octanol–water partition coefficient (Wildman–Crippen LogP) is 2.30. The maximum Gasteiger partial charge on any atom is 0.338 e. The van der Waals surface area contributed by atoms with E-state index in [1.165, 1.54) is 6.92 Å². The maximum atomic E-state index is 11.2. The Labute approximate surface area is 94.7 Å². The van der Waals surface area contributed by atoms with E-state index in [4.69, 9.17) is 4.74 Å². The number of carbonyl (C=O) groups is 2. The molecule has 1 aromatic rings. The highest BCUT2D eigenvalue weighted by atomic mass is 16.5. The molecule has 0 fully saturated rings. The van der Waals surface area contributed by atoms with Crippen LogP contribution in [0.4, 0.5) is 0 Å². The van der Waals surface area contributed by atoms with Gasteiger partial charge in [-0.1, -0.05) is 18.7 Å². The minimum atomic E-state index is -0.445. The van der Waals surface area contributed by atoms with Crippen LogP contribution in [-0.4, -0.2) is 11.8 Å². The minimum absolute atomic E-state index is 0.103. The molecule has 0 heterocycles. The van der Waals surface area contributed by atoms with Gasteiger partial charge in [-0.3, -0.25) is 4.79 Å². The predicted molar refractivity (Wildman–Crippen MR) is 61.3 cm³/mol. The largest absolute Gasteiger partial charge is 0.423 e. The van der Waals surface area contributed by atoms with Crippen molar-refractivity contribution in [2.75, 3.05) is 0 Å². The van der Waals surface area contributed by atoms with Gasteiger partial charge in [-0.15, -0.1) is 0 Å². The zero-order valence-electron chi connectivity index (χ0n) is 9.45. The van der Waals surface area contributed by atoms with Crippen LogP contribution < -0.4 is 4.74 Å². The van der Waals surface area contributed by atoms with Crippen molar-refractivity contribution in [1.82, 2.24) is 0 Å². The fraction of sp³-hybridized carbons (Fsp3) is 0.231. The lowest BCUT2D eigenvalue weighted by atomic mass is 10.1. The molecule has 0 N–H and O–H groups in total. The van der Waals surface area contributed by atoms with Crippen LogP contribution in [0.5, 0.6) is 5.75 Å². The van der Waals surface area contributed by atoms with Gasteiger partial charge in [0.25, 0.3) is 0 Å². The number of Topliss-reactive ketones (excluding diaryl/α,β-unsaturated/α-hetero) is 1. The van der Waals surface area contributed by atoms with E-state index in [2.05, 4.69) is 6.58 Å². The summed E-state index contributed by atoms with van der Waals surface area (Å²) in [5.74, 6) is 0.117. The Bertz CT molecular complexity index is 415. The van der Waals surface area contributed by atoms with Crippen LogP contribution in [0.15, 0.2) is 36.4 Å². The molecule has 0 radical (unpaired) electrons. The number of esters is 1. The zero-order chi connectivity index (χ0) is 12.1. The second kappa shape index (κ2) is 5.26. The van der Waals surface area contributed by atoms with Crippen LogP contribution in [0.25, 0.3) is 0 Å². The van der Waals surface area contributed by atoms with Crippen LogP contribution in [0.3, 0.4) is 0 Å². The molecule has 0 saturated carbocycles. The van der Waals surface area contributed by atoms with Crippen molar-refractivity contribution in [3.05, 3.63) is 42.0 Å². The Morgan fingerprint density at radius 3 is 2.19 bits per heavy atom. The Kier molecular flexibility index (Phi) is 4.00. The highest BCUT2D eigenvalue weighted by Crippen LogP contribution is 2.14. The monoisotopic (exact) mass is 218 g/mol. The number of hydrogen-bond acceptors (Lipinski definition) is 3. The van der Waals surface area contributed by atoms with Crippen molar-refractivity contribution in [2.24, 2.45) is 0 Å². The Balaban J connectivity index is 2.68. The number of ketones is 1. The molecule has 0 amide bonds. The molecule has 3 nitrogen and oxygen atoms in total. The molecular weight excluding hydrogens is 204 g/mol. The first-order chi connectivity index (χ1) is 7.49. The first-order valence-corrected chi connectivity index (χ1v) is 4.95. The van der Waals surface area contributed by atoms with Gasteiger partial charge in [-0.25, -0.2) is 4.79 Å². The van der Waals surface area contributed by atoms with Gasteiger partial charge in [-0.2, -0.15) is 0 Å². The van der Waals surface area contributed by atoms with E-state index in [0.29, 0.717) is 17.7 Å². The quantitative estimate of drug-likeness (QED) is 0.442. The average molecular weight is 218 g/mol. The number of ether oxygens (including phenoxy) is 1. The first kappa shape index (κ1) is 12.2. The van der Waals surface area contributed by atoms with Crippen LogP contribution in [-0.2, 0) is 16.0 Å². The molecule has 0 spiro atoms. The summed E-state index contributed by atoms with van der Waals surface area (Å²) in [6.07, 6.45) is 0.398. The van der Waals surface area contributed by atoms with Crippen LogP contribution in [0.2, 0.25) is 0 Å². The van der Waals surface area contributed by atoms with Gasteiger partial charge in [0, 0.05) is 12.0 Å². The van der Waals surface area contributed by atoms with Gasteiger partial charge in [0.15, 0.2) is 0 Å². The van der Waals surface area contributed by atoms with Gasteiger partial charge >= 0.3 is 5.97 Å². The van der Waals surface area contributed by atoms with Gasteiger partial charge in [0.2, 0.25) is 0 Å². The van der Waals surface area contributed by atoms with E-state index in [0.717, 1.165) is 5.56 Å². The molecule has 0 atom stereocenters. The van der Waals surface area contributed by atoms with Gasteiger partial charge in [0.1, 0.15) is 11.5 Å². The molecule has 0 unspecified atom stereocenters. The summed E-state index contributed by atoms with van der Waals surface area (Å²) in [4.78, 5) is 22.1. The molecule has 16 heavy (non-hydrogen) atoms. The van der Waals surface area contributed by atoms with Gasteiger partial charge in [-0.05, 0) is 31.5 Å². The molecule has 1 aromatic carbocycles. The topological polar surface area (TPSA) is 43.4 Å². The number of benzene rings is 1. The Morgan fingerprint density at radius 1 is 1.19 bits per heavy atom. The standard InChI is InChI=1S/C13H14O3/c1-9(2)13(15)16-12-6-4-11(5-7-12)8-10(3)14/h4-7H,1,8H2,2-3H3. The lowest BCUT2D eigenvalue weighted by Crippen LogP contribution is -2.08. The summed E-state index contributed by atoms with van der Waals surface area (Å²) in [5.41, 5.74) is 1.26. The van der Waals surface area contributed by atoms with E-state index >= 15 is 0 Å². The molecule has 0 bridgehead atoms. The Hall–Kier alpha value is -1.90. The minimum Gasteiger partial charge on any atom is -0.423 e. The molecule has 3 heteroatoms. The van der Waals surface area contributed by atoms with E-state index in [-0.39, 0.29) is 5.78 Å². The lowest BCUT2D eigenvalue weighted by molar-refractivity contribution is -0.130. The summed E-state index contributed by atoms with van der Waals surface area (Å²) in [6.45, 7) is 6.62. The van der Waals surface area contributed by atoms with E-state index in [1.807, 2.05) is 0 Å². The third-order valence-corrected chi connectivity index (χ3v) is 1.94. The summed E-state index contributed by atoms with van der Waals surface area (Å²) >= 11 is 0. The summed E-state index contributed by atoms with van der Waals surface area (Å²) in [6, 6.07) is 6.86. The van der Waals surface area contributed by atoms with Crippen molar-refractivity contribution in [3.8, 4) is 5.75 Å². The van der Waals surface area contributed by atoms with E-state index in [9.17, 15) is 9.59 Å². The third kappa shape index (κ3) is 3.69. The highest BCUT2D eigenvalue weighted by Gasteiger charge is 2.05. The fourth-order valence-electron chi connectivity index (χ4n) is 1.16. The maximum absolute atomic E-state index is 11.2. The SMILES string of the molecule is C=C(C)C(=O)Oc1ccc(CC(C)=O)cc1. The molecular formula is C13H14O3.